The number of hydrogen-bond acceptors (Lipinski definition) is 7. The van der Waals surface area contributed by atoms with Gasteiger partial charge in [-0.3, -0.25) is 9.69 Å². The zero-order valence-electron chi connectivity index (χ0n) is 16.6. The summed E-state index contributed by atoms with van der Waals surface area (Å²) in [5.41, 5.74) is 1.03. The number of carbonyl (C=O) groups excluding carboxylic acids is 2. The van der Waals surface area contributed by atoms with Crippen LogP contribution in [0.15, 0.2) is 18.2 Å². The van der Waals surface area contributed by atoms with E-state index in [-0.39, 0.29) is 19.4 Å². The zero-order valence-corrected chi connectivity index (χ0v) is 16.6. The fraction of sp³-hybridized carbons (Fsp3) is 0.579. The Bertz CT molecular complexity index is 664. The Morgan fingerprint density at radius 3 is 2.52 bits per heavy atom. The molecule has 1 aliphatic rings. The normalized spacial score (nSPS) is 14.6. The Hall–Kier alpha value is -2.48. The summed E-state index contributed by atoms with van der Waals surface area (Å²) < 4.78 is 21.1. The van der Waals surface area contributed by atoms with E-state index in [1.54, 1.807) is 23.9 Å². The van der Waals surface area contributed by atoms with Crippen LogP contribution >= 0.6 is 0 Å². The van der Waals surface area contributed by atoms with Crippen molar-refractivity contribution >= 4 is 12.1 Å². The van der Waals surface area contributed by atoms with Crippen molar-refractivity contribution in [3.63, 3.8) is 0 Å². The predicted molar refractivity (Wildman–Crippen MR) is 98.7 cm³/mol. The number of nitrogens with zero attached hydrogens (tertiary/aromatic N) is 2. The van der Waals surface area contributed by atoms with Gasteiger partial charge in [0.25, 0.3) is 0 Å². The van der Waals surface area contributed by atoms with E-state index in [0.29, 0.717) is 18.7 Å². The van der Waals surface area contributed by atoms with Crippen LogP contribution in [-0.4, -0.2) is 68.2 Å². The first-order chi connectivity index (χ1) is 12.8. The first kappa shape index (κ1) is 20.8. The lowest BCUT2D eigenvalue weighted by Crippen LogP contribution is -2.42. The van der Waals surface area contributed by atoms with Gasteiger partial charge in [0.05, 0.1) is 6.54 Å². The molecule has 0 bridgehead atoms. The highest BCUT2D eigenvalue weighted by atomic mass is 16.7. The highest BCUT2D eigenvalue weighted by Gasteiger charge is 2.24. The maximum atomic E-state index is 12.5. The van der Waals surface area contributed by atoms with Gasteiger partial charge in [0.15, 0.2) is 11.5 Å². The van der Waals surface area contributed by atoms with E-state index >= 15 is 0 Å². The molecule has 8 nitrogen and oxygen atoms in total. The van der Waals surface area contributed by atoms with Gasteiger partial charge in [-0.2, -0.15) is 0 Å². The van der Waals surface area contributed by atoms with Gasteiger partial charge in [-0.15, -0.1) is 0 Å². The molecule has 0 spiro atoms. The average molecular weight is 380 g/mol. The fourth-order valence-electron chi connectivity index (χ4n) is 2.85. The molecule has 0 aliphatic carbocycles. The highest BCUT2D eigenvalue weighted by Crippen LogP contribution is 2.33. The van der Waals surface area contributed by atoms with E-state index in [9.17, 15) is 9.59 Å². The Kier molecular flexibility index (Phi) is 7.29. The topological polar surface area (TPSA) is 77.5 Å². The van der Waals surface area contributed by atoms with Gasteiger partial charge >= 0.3 is 12.1 Å². The van der Waals surface area contributed by atoms with Gasteiger partial charge in [0.2, 0.25) is 13.1 Å². The van der Waals surface area contributed by atoms with E-state index in [1.807, 2.05) is 32.0 Å². The molecule has 0 N–H and O–H groups in total. The standard InChI is InChI=1S/C19H28N2O6/c1-6-21(19(23)27-14(3)26-18(22)11-20(4)5)13(2)9-15-7-8-16-17(10-15)25-12-24-16/h7-8,10,13-14H,6,9,11-12H2,1-5H3. The first-order valence-corrected chi connectivity index (χ1v) is 9.00. The lowest BCUT2D eigenvalue weighted by molar-refractivity contribution is -0.166. The summed E-state index contributed by atoms with van der Waals surface area (Å²) in [7, 11) is 3.52. The second-order valence-electron chi connectivity index (χ2n) is 6.71. The molecule has 1 amide bonds. The van der Waals surface area contributed by atoms with Crippen LogP contribution in [-0.2, 0) is 20.7 Å². The third-order valence-corrected chi connectivity index (χ3v) is 4.08. The molecule has 2 rings (SSSR count). The van der Waals surface area contributed by atoms with Gasteiger partial charge in [-0.05, 0) is 52.1 Å². The number of likely N-dealkylation sites (N-methyl/N-ethyl adjacent to an activating group) is 2. The summed E-state index contributed by atoms with van der Waals surface area (Å²) in [6, 6.07) is 5.64. The molecule has 27 heavy (non-hydrogen) atoms. The molecule has 1 aliphatic heterocycles. The number of fused-ring (bicyclic) bond motifs is 1. The van der Waals surface area contributed by atoms with Crippen molar-refractivity contribution in [1.82, 2.24) is 9.80 Å². The van der Waals surface area contributed by atoms with Crippen LogP contribution in [0, 0.1) is 0 Å². The highest BCUT2D eigenvalue weighted by molar-refractivity contribution is 5.72. The molecular formula is C19H28N2O6. The summed E-state index contributed by atoms with van der Waals surface area (Å²) in [6.07, 6.45) is -0.832. The molecule has 2 atom stereocenters. The number of ether oxygens (including phenoxy) is 4. The van der Waals surface area contributed by atoms with E-state index < -0.39 is 18.4 Å². The van der Waals surface area contributed by atoms with E-state index in [2.05, 4.69) is 0 Å². The number of amides is 1. The predicted octanol–water partition coefficient (Wildman–Crippen LogP) is 2.26. The van der Waals surface area contributed by atoms with Crippen molar-refractivity contribution in [3.8, 4) is 11.5 Å². The third-order valence-electron chi connectivity index (χ3n) is 4.08. The molecule has 1 aromatic carbocycles. The lowest BCUT2D eigenvalue weighted by atomic mass is 10.1. The minimum absolute atomic E-state index is 0.104. The average Bonchev–Trinajstić information content (AvgIpc) is 3.01. The van der Waals surface area contributed by atoms with Crippen LogP contribution in [0.25, 0.3) is 0 Å². The van der Waals surface area contributed by atoms with Crippen molar-refractivity contribution in [2.45, 2.75) is 39.5 Å². The summed E-state index contributed by atoms with van der Waals surface area (Å²) in [6.45, 7) is 6.18. The lowest BCUT2D eigenvalue weighted by Gasteiger charge is -2.28. The SMILES string of the molecule is CCN(C(=O)OC(C)OC(=O)CN(C)C)C(C)Cc1ccc2c(c1)OCO2. The molecule has 8 heteroatoms. The number of hydrogen-bond donors (Lipinski definition) is 0. The third kappa shape index (κ3) is 6.02. The Labute approximate surface area is 159 Å². The number of benzene rings is 1. The van der Waals surface area contributed by atoms with Crippen molar-refractivity contribution in [2.75, 3.05) is 34.0 Å². The van der Waals surface area contributed by atoms with Gasteiger partial charge in [-0.1, -0.05) is 6.07 Å². The van der Waals surface area contributed by atoms with Gasteiger partial charge in [0, 0.05) is 19.5 Å². The number of esters is 1. The molecular weight excluding hydrogens is 352 g/mol. The molecule has 0 aromatic heterocycles. The summed E-state index contributed by atoms with van der Waals surface area (Å²) in [5.74, 6) is 0.995. The maximum absolute atomic E-state index is 12.5. The van der Waals surface area contributed by atoms with E-state index in [4.69, 9.17) is 18.9 Å². The van der Waals surface area contributed by atoms with E-state index in [1.165, 1.54) is 6.92 Å². The van der Waals surface area contributed by atoms with Crippen molar-refractivity contribution < 1.29 is 28.5 Å². The largest absolute Gasteiger partial charge is 0.454 e. The van der Waals surface area contributed by atoms with Crippen LogP contribution in [0.2, 0.25) is 0 Å². The Balaban J connectivity index is 1.90. The molecule has 2 unspecified atom stereocenters. The summed E-state index contributed by atoms with van der Waals surface area (Å²) in [4.78, 5) is 27.4. The van der Waals surface area contributed by atoms with Crippen molar-refractivity contribution in [1.29, 1.82) is 0 Å². The summed E-state index contributed by atoms with van der Waals surface area (Å²) in [5, 5.41) is 0. The monoisotopic (exact) mass is 380 g/mol. The second kappa shape index (κ2) is 9.45. The zero-order chi connectivity index (χ0) is 20.0. The molecule has 0 saturated carbocycles. The van der Waals surface area contributed by atoms with E-state index in [0.717, 1.165) is 11.3 Å². The van der Waals surface area contributed by atoms with Crippen molar-refractivity contribution in [2.24, 2.45) is 0 Å². The van der Waals surface area contributed by atoms with Crippen LogP contribution < -0.4 is 9.47 Å². The van der Waals surface area contributed by atoms with Gasteiger partial charge < -0.3 is 23.8 Å². The minimum Gasteiger partial charge on any atom is -0.454 e. The summed E-state index contributed by atoms with van der Waals surface area (Å²) >= 11 is 0. The molecule has 150 valence electrons. The quantitative estimate of drug-likeness (QED) is 0.506. The molecule has 1 heterocycles. The van der Waals surface area contributed by atoms with Crippen LogP contribution in [0.3, 0.4) is 0 Å². The minimum atomic E-state index is -0.947. The molecule has 0 radical (unpaired) electrons. The first-order valence-electron chi connectivity index (χ1n) is 9.00. The van der Waals surface area contributed by atoms with Gasteiger partial charge in [0.1, 0.15) is 0 Å². The smallest absolute Gasteiger partial charge is 0.413 e. The van der Waals surface area contributed by atoms with Crippen LogP contribution in [0.1, 0.15) is 26.3 Å². The van der Waals surface area contributed by atoms with Gasteiger partial charge in [-0.25, -0.2) is 4.79 Å². The fourth-order valence-corrected chi connectivity index (χ4v) is 2.85. The van der Waals surface area contributed by atoms with Crippen LogP contribution in [0.5, 0.6) is 11.5 Å². The number of rotatable bonds is 8. The molecule has 0 saturated heterocycles. The maximum Gasteiger partial charge on any atom is 0.413 e. The second-order valence-corrected chi connectivity index (χ2v) is 6.71. The van der Waals surface area contributed by atoms with Crippen molar-refractivity contribution in [3.05, 3.63) is 23.8 Å². The molecule has 0 fully saturated rings. The Morgan fingerprint density at radius 1 is 1.15 bits per heavy atom. The Morgan fingerprint density at radius 2 is 1.85 bits per heavy atom. The van der Waals surface area contributed by atoms with Crippen LogP contribution in [0.4, 0.5) is 4.79 Å². The number of carbonyl (C=O) groups is 2. The molecule has 1 aromatic rings.